The first-order chi connectivity index (χ1) is 12.3. The van der Waals surface area contributed by atoms with Gasteiger partial charge in [0.05, 0.1) is 0 Å². The topological polar surface area (TPSA) is 76.7 Å². The Morgan fingerprint density at radius 2 is 1.81 bits per heavy atom. The zero-order valence-electron chi connectivity index (χ0n) is 13.3. The van der Waals surface area contributed by atoms with Crippen molar-refractivity contribution in [2.24, 2.45) is 0 Å². The molecular formula is C17H13ClF3N5. The molecule has 3 rings (SSSR count). The summed E-state index contributed by atoms with van der Waals surface area (Å²) in [6.07, 6.45) is -1.39. The zero-order chi connectivity index (χ0) is 18.7. The van der Waals surface area contributed by atoms with Crippen LogP contribution >= 0.6 is 11.6 Å². The van der Waals surface area contributed by atoms with Crippen molar-refractivity contribution < 1.29 is 13.2 Å². The minimum absolute atomic E-state index is 0.206. The highest BCUT2D eigenvalue weighted by atomic mass is 35.5. The molecule has 0 radical (unpaired) electrons. The number of rotatable bonds is 4. The van der Waals surface area contributed by atoms with Gasteiger partial charge in [0.1, 0.15) is 10.8 Å². The van der Waals surface area contributed by atoms with Gasteiger partial charge >= 0.3 is 6.18 Å². The maximum atomic E-state index is 12.8. The molecule has 0 bridgehead atoms. The highest BCUT2D eigenvalue weighted by Crippen LogP contribution is 2.30. The fourth-order valence-corrected chi connectivity index (χ4v) is 2.43. The Balaban J connectivity index is 1.72. The van der Waals surface area contributed by atoms with Crippen LogP contribution < -0.4 is 11.1 Å². The summed E-state index contributed by atoms with van der Waals surface area (Å²) in [5.41, 5.74) is 6.96. The largest absolute Gasteiger partial charge is 0.433 e. The third kappa shape index (κ3) is 4.40. The molecule has 0 fully saturated rings. The van der Waals surface area contributed by atoms with E-state index in [9.17, 15) is 13.2 Å². The molecule has 0 saturated heterocycles. The Hall–Kier alpha value is -2.87. The number of nitrogen functional groups attached to an aromatic ring is 1. The average molecular weight is 380 g/mol. The van der Waals surface area contributed by atoms with Crippen LogP contribution in [0.5, 0.6) is 0 Å². The number of nitrogens with two attached hydrogens (primary N) is 1. The molecule has 0 amide bonds. The first kappa shape index (κ1) is 17.9. The molecule has 9 heteroatoms. The molecule has 26 heavy (non-hydrogen) atoms. The van der Waals surface area contributed by atoms with Crippen molar-refractivity contribution >= 4 is 23.0 Å². The van der Waals surface area contributed by atoms with Crippen LogP contribution in [0.2, 0.25) is 5.15 Å². The van der Waals surface area contributed by atoms with Gasteiger partial charge in [-0.2, -0.15) is 13.2 Å². The van der Waals surface area contributed by atoms with E-state index >= 15 is 0 Å². The van der Waals surface area contributed by atoms with Crippen molar-refractivity contribution in [2.75, 3.05) is 11.1 Å². The van der Waals surface area contributed by atoms with Crippen LogP contribution in [0.4, 0.5) is 24.5 Å². The van der Waals surface area contributed by atoms with E-state index < -0.39 is 11.9 Å². The second kappa shape index (κ2) is 7.17. The lowest BCUT2D eigenvalue weighted by molar-refractivity contribution is -0.141. The summed E-state index contributed by atoms with van der Waals surface area (Å²) in [4.78, 5) is 11.8. The molecule has 5 nitrogen and oxygen atoms in total. The smallest absolute Gasteiger partial charge is 0.399 e. The molecule has 3 aromatic rings. The van der Waals surface area contributed by atoms with Gasteiger partial charge in [-0.3, -0.25) is 0 Å². The van der Waals surface area contributed by atoms with Gasteiger partial charge in [0.15, 0.2) is 5.82 Å². The Bertz CT molecular complexity index is 913. The fraction of sp³-hybridized carbons (Fsp3) is 0.118. The second-order valence-electron chi connectivity index (χ2n) is 5.46. The standard InChI is InChI=1S/C17H13ClF3N5/c18-15-6-13(5-14(26-15)17(19,20)21)23-7-10-8-24-16(25-9-10)11-2-1-3-12(22)4-11/h1-6,8-9H,7,22H2,(H,23,26). The zero-order valence-corrected chi connectivity index (χ0v) is 14.0. The van der Waals surface area contributed by atoms with E-state index in [1.54, 1.807) is 30.6 Å². The van der Waals surface area contributed by atoms with Crippen LogP contribution in [0.1, 0.15) is 11.3 Å². The van der Waals surface area contributed by atoms with Crippen LogP contribution in [-0.2, 0) is 12.7 Å². The van der Waals surface area contributed by atoms with Gasteiger partial charge in [-0.05, 0) is 24.3 Å². The van der Waals surface area contributed by atoms with Crippen molar-refractivity contribution in [2.45, 2.75) is 12.7 Å². The summed E-state index contributed by atoms with van der Waals surface area (Å²) >= 11 is 5.65. The number of halogens is 4. The SMILES string of the molecule is Nc1cccc(-c2ncc(CNc3cc(Cl)nc(C(F)(F)F)c3)cn2)c1. The molecule has 134 valence electrons. The number of benzene rings is 1. The second-order valence-corrected chi connectivity index (χ2v) is 5.84. The van der Waals surface area contributed by atoms with Crippen molar-refractivity contribution in [3.8, 4) is 11.4 Å². The maximum Gasteiger partial charge on any atom is 0.433 e. The van der Waals surface area contributed by atoms with Gasteiger partial charge in [0.25, 0.3) is 0 Å². The molecular weight excluding hydrogens is 367 g/mol. The molecule has 2 heterocycles. The number of nitrogens with one attached hydrogen (secondary N) is 1. The van der Waals surface area contributed by atoms with Gasteiger partial charge in [-0.15, -0.1) is 0 Å². The predicted molar refractivity (Wildman–Crippen MR) is 93.5 cm³/mol. The maximum absolute atomic E-state index is 12.8. The monoisotopic (exact) mass is 379 g/mol. The number of nitrogens with zero attached hydrogens (tertiary/aromatic N) is 3. The lowest BCUT2D eigenvalue weighted by Crippen LogP contribution is -2.09. The van der Waals surface area contributed by atoms with E-state index in [0.717, 1.165) is 11.6 Å². The van der Waals surface area contributed by atoms with Crippen molar-refractivity contribution in [3.63, 3.8) is 0 Å². The predicted octanol–water partition coefficient (Wildman–Crippen LogP) is 4.41. The molecule has 0 saturated carbocycles. The minimum atomic E-state index is -4.57. The highest BCUT2D eigenvalue weighted by Gasteiger charge is 2.33. The molecule has 0 atom stereocenters. The first-order valence-corrected chi connectivity index (χ1v) is 7.84. The van der Waals surface area contributed by atoms with Gasteiger partial charge in [0, 0.05) is 41.4 Å². The quantitative estimate of drug-likeness (QED) is 0.519. The number of anilines is 2. The highest BCUT2D eigenvalue weighted by molar-refractivity contribution is 6.29. The van der Waals surface area contributed by atoms with Crippen LogP contribution in [-0.4, -0.2) is 15.0 Å². The van der Waals surface area contributed by atoms with Gasteiger partial charge < -0.3 is 11.1 Å². The van der Waals surface area contributed by atoms with E-state index in [-0.39, 0.29) is 17.4 Å². The van der Waals surface area contributed by atoms with Crippen LogP contribution in [0.25, 0.3) is 11.4 Å². The number of hydrogen-bond acceptors (Lipinski definition) is 5. The van der Waals surface area contributed by atoms with Gasteiger partial charge in [0.2, 0.25) is 0 Å². The molecule has 0 aliphatic heterocycles. The summed E-state index contributed by atoms with van der Waals surface area (Å²) in [6.45, 7) is 0.231. The average Bonchev–Trinajstić information content (AvgIpc) is 2.59. The molecule has 2 aromatic heterocycles. The summed E-state index contributed by atoms with van der Waals surface area (Å²) in [6, 6.07) is 9.37. The Morgan fingerprint density at radius 3 is 2.46 bits per heavy atom. The van der Waals surface area contributed by atoms with Crippen molar-refractivity contribution in [3.05, 3.63) is 65.2 Å². The molecule has 0 aliphatic carbocycles. The number of hydrogen-bond donors (Lipinski definition) is 2. The van der Waals surface area contributed by atoms with E-state index in [0.29, 0.717) is 17.1 Å². The minimum Gasteiger partial charge on any atom is -0.399 e. The van der Waals surface area contributed by atoms with E-state index in [1.807, 2.05) is 6.07 Å². The third-order valence-corrected chi connectivity index (χ3v) is 3.62. The molecule has 0 unspecified atom stereocenters. The summed E-state index contributed by atoms with van der Waals surface area (Å²) in [5, 5.41) is 2.62. The summed E-state index contributed by atoms with van der Waals surface area (Å²) in [5.74, 6) is 0.507. The Morgan fingerprint density at radius 1 is 1.08 bits per heavy atom. The Labute approximate surface area is 152 Å². The fourth-order valence-electron chi connectivity index (χ4n) is 2.22. The molecule has 0 spiro atoms. The third-order valence-electron chi connectivity index (χ3n) is 3.43. The van der Waals surface area contributed by atoms with Crippen molar-refractivity contribution in [1.82, 2.24) is 15.0 Å². The number of alkyl halides is 3. The molecule has 0 aliphatic rings. The van der Waals surface area contributed by atoms with Crippen LogP contribution in [0.3, 0.4) is 0 Å². The molecule has 3 N–H and O–H groups in total. The molecule has 1 aromatic carbocycles. The first-order valence-electron chi connectivity index (χ1n) is 7.47. The van der Waals surface area contributed by atoms with Crippen LogP contribution in [0, 0.1) is 0 Å². The number of pyridine rings is 1. The summed E-state index contributed by atoms with van der Waals surface area (Å²) < 4.78 is 38.3. The Kier molecular flexibility index (Phi) is 4.94. The van der Waals surface area contributed by atoms with Gasteiger partial charge in [-0.25, -0.2) is 15.0 Å². The van der Waals surface area contributed by atoms with Gasteiger partial charge in [-0.1, -0.05) is 23.7 Å². The van der Waals surface area contributed by atoms with E-state index in [2.05, 4.69) is 20.3 Å². The number of aromatic nitrogens is 3. The van der Waals surface area contributed by atoms with E-state index in [4.69, 9.17) is 17.3 Å². The van der Waals surface area contributed by atoms with Crippen LogP contribution in [0.15, 0.2) is 48.8 Å². The van der Waals surface area contributed by atoms with Crippen molar-refractivity contribution in [1.29, 1.82) is 0 Å². The lowest BCUT2D eigenvalue weighted by atomic mass is 10.2. The normalized spacial score (nSPS) is 11.4. The van der Waals surface area contributed by atoms with E-state index in [1.165, 1.54) is 6.07 Å². The summed E-state index contributed by atoms with van der Waals surface area (Å²) in [7, 11) is 0. The lowest BCUT2D eigenvalue weighted by Gasteiger charge is -2.11.